The Balaban J connectivity index is 2.79. The van der Waals surface area contributed by atoms with Crippen molar-refractivity contribution >= 4 is 0 Å². The van der Waals surface area contributed by atoms with E-state index in [4.69, 9.17) is 9.47 Å². The fourth-order valence-corrected chi connectivity index (χ4v) is 1.51. The lowest BCUT2D eigenvalue weighted by Gasteiger charge is -2.21. The summed E-state index contributed by atoms with van der Waals surface area (Å²) < 4.78 is 11.0. The van der Waals surface area contributed by atoms with E-state index < -0.39 is 0 Å². The van der Waals surface area contributed by atoms with Crippen molar-refractivity contribution in [3.63, 3.8) is 0 Å². The first-order valence-electron chi connectivity index (χ1n) is 6.51. The average Bonchev–Trinajstić information content (AvgIpc) is 2.33. The summed E-state index contributed by atoms with van der Waals surface area (Å²) in [6, 6.07) is 6.00. The Morgan fingerprint density at radius 3 is 2.47 bits per heavy atom. The maximum Gasteiger partial charge on any atom is 0.161 e. The molecular formula is C16H25NO2. The van der Waals surface area contributed by atoms with E-state index in [2.05, 4.69) is 32.7 Å². The molecule has 0 saturated carbocycles. The number of rotatable bonds is 6. The molecule has 1 aromatic carbocycles. The molecule has 0 unspecified atom stereocenters. The summed E-state index contributed by atoms with van der Waals surface area (Å²) in [5, 5.41) is 3.45. The van der Waals surface area contributed by atoms with Gasteiger partial charge in [-0.2, -0.15) is 0 Å². The first-order valence-corrected chi connectivity index (χ1v) is 6.51. The van der Waals surface area contributed by atoms with Crippen LogP contribution >= 0.6 is 0 Å². The van der Waals surface area contributed by atoms with E-state index in [9.17, 15) is 0 Å². The van der Waals surface area contributed by atoms with Gasteiger partial charge in [0.05, 0.1) is 7.11 Å². The summed E-state index contributed by atoms with van der Waals surface area (Å²) in [5.74, 6) is 1.51. The van der Waals surface area contributed by atoms with Crippen LogP contribution in [0.2, 0.25) is 0 Å². The van der Waals surface area contributed by atoms with Gasteiger partial charge in [0.2, 0.25) is 0 Å². The van der Waals surface area contributed by atoms with Crippen LogP contribution in [0.1, 0.15) is 33.3 Å². The smallest absolute Gasteiger partial charge is 0.161 e. The highest BCUT2D eigenvalue weighted by atomic mass is 16.5. The van der Waals surface area contributed by atoms with Crippen molar-refractivity contribution in [2.75, 3.05) is 13.7 Å². The highest BCUT2D eigenvalue weighted by molar-refractivity contribution is 5.43. The molecule has 0 spiro atoms. The van der Waals surface area contributed by atoms with Crippen LogP contribution < -0.4 is 14.8 Å². The number of hydrogen-bond acceptors (Lipinski definition) is 3. The summed E-state index contributed by atoms with van der Waals surface area (Å²) in [6.07, 6.45) is 0. The van der Waals surface area contributed by atoms with Gasteiger partial charge in [-0.25, -0.2) is 0 Å². The minimum atomic E-state index is 0.0959. The molecule has 0 atom stereocenters. The summed E-state index contributed by atoms with van der Waals surface area (Å²) in [4.78, 5) is 0. The van der Waals surface area contributed by atoms with Crippen LogP contribution in [0.15, 0.2) is 30.4 Å². The molecule has 0 heterocycles. The minimum Gasteiger partial charge on any atom is -0.493 e. The Morgan fingerprint density at radius 2 is 1.95 bits per heavy atom. The van der Waals surface area contributed by atoms with Crippen molar-refractivity contribution in [2.24, 2.45) is 0 Å². The standard InChI is InChI=1S/C16H25NO2/c1-12(2)11-19-15-9-13(7-8-14(15)18-6)10-17-16(3,4)5/h7-9,17H,1,10-11H2,2-6H3. The number of ether oxygens (including phenoxy) is 2. The first kappa shape index (κ1) is 15.6. The van der Waals surface area contributed by atoms with Crippen molar-refractivity contribution in [1.82, 2.24) is 5.32 Å². The van der Waals surface area contributed by atoms with E-state index in [1.165, 1.54) is 5.56 Å². The van der Waals surface area contributed by atoms with Crippen LogP contribution in [0.4, 0.5) is 0 Å². The fourth-order valence-electron chi connectivity index (χ4n) is 1.51. The largest absolute Gasteiger partial charge is 0.493 e. The molecule has 0 radical (unpaired) electrons. The maximum atomic E-state index is 5.71. The van der Waals surface area contributed by atoms with Gasteiger partial charge in [0.15, 0.2) is 11.5 Å². The lowest BCUT2D eigenvalue weighted by molar-refractivity contribution is 0.319. The number of hydrogen-bond donors (Lipinski definition) is 1. The molecule has 19 heavy (non-hydrogen) atoms. The van der Waals surface area contributed by atoms with Gasteiger partial charge in [-0.3, -0.25) is 0 Å². The Hall–Kier alpha value is -1.48. The predicted octanol–water partition coefficient (Wildman–Crippen LogP) is 3.54. The first-order chi connectivity index (χ1) is 8.81. The lowest BCUT2D eigenvalue weighted by Crippen LogP contribution is -2.35. The van der Waals surface area contributed by atoms with Crippen LogP contribution in [-0.2, 0) is 6.54 Å². The van der Waals surface area contributed by atoms with Crippen LogP contribution in [0.5, 0.6) is 11.5 Å². The third-order valence-electron chi connectivity index (χ3n) is 2.52. The lowest BCUT2D eigenvalue weighted by atomic mass is 10.1. The summed E-state index contributed by atoms with van der Waals surface area (Å²) >= 11 is 0. The molecule has 0 saturated heterocycles. The second-order valence-electron chi connectivity index (χ2n) is 5.83. The Morgan fingerprint density at radius 1 is 1.26 bits per heavy atom. The topological polar surface area (TPSA) is 30.5 Å². The van der Waals surface area contributed by atoms with Crippen LogP contribution in [0.3, 0.4) is 0 Å². The highest BCUT2D eigenvalue weighted by Gasteiger charge is 2.10. The number of nitrogens with one attached hydrogen (secondary N) is 1. The molecule has 0 aromatic heterocycles. The molecule has 0 aliphatic rings. The van der Waals surface area contributed by atoms with Crippen molar-refractivity contribution in [3.8, 4) is 11.5 Å². The molecule has 0 amide bonds. The minimum absolute atomic E-state index is 0.0959. The monoisotopic (exact) mass is 263 g/mol. The Kier molecular flexibility index (Phi) is 5.43. The predicted molar refractivity (Wildman–Crippen MR) is 79.9 cm³/mol. The third kappa shape index (κ3) is 5.79. The Labute approximate surface area is 116 Å². The molecule has 106 valence electrons. The van der Waals surface area contributed by atoms with Crippen LogP contribution in [0.25, 0.3) is 0 Å². The highest BCUT2D eigenvalue weighted by Crippen LogP contribution is 2.28. The molecule has 3 nitrogen and oxygen atoms in total. The molecule has 1 rings (SSSR count). The number of methoxy groups -OCH3 is 1. The number of benzene rings is 1. The van der Waals surface area contributed by atoms with E-state index in [0.29, 0.717) is 6.61 Å². The van der Waals surface area contributed by atoms with Crippen LogP contribution in [-0.4, -0.2) is 19.3 Å². The molecule has 0 fully saturated rings. The van der Waals surface area contributed by atoms with E-state index in [-0.39, 0.29) is 5.54 Å². The van der Waals surface area contributed by atoms with Crippen LogP contribution in [0, 0.1) is 0 Å². The van der Waals surface area contributed by atoms with E-state index in [1.807, 2.05) is 25.1 Å². The second kappa shape index (κ2) is 6.62. The molecular weight excluding hydrogens is 238 g/mol. The van der Waals surface area contributed by atoms with Gasteiger partial charge in [0.25, 0.3) is 0 Å². The Bertz CT molecular complexity index is 433. The van der Waals surface area contributed by atoms with Crippen molar-refractivity contribution in [2.45, 2.75) is 39.8 Å². The fraction of sp³-hybridized carbons (Fsp3) is 0.500. The van der Waals surface area contributed by atoms with Gasteiger partial charge in [-0.1, -0.05) is 12.6 Å². The van der Waals surface area contributed by atoms with Gasteiger partial charge in [-0.05, 0) is 51.0 Å². The second-order valence-corrected chi connectivity index (χ2v) is 5.83. The van der Waals surface area contributed by atoms with Gasteiger partial charge < -0.3 is 14.8 Å². The van der Waals surface area contributed by atoms with E-state index in [0.717, 1.165) is 23.6 Å². The van der Waals surface area contributed by atoms with Crippen molar-refractivity contribution < 1.29 is 9.47 Å². The quantitative estimate of drug-likeness (QED) is 0.796. The molecule has 0 aliphatic carbocycles. The van der Waals surface area contributed by atoms with Crippen molar-refractivity contribution in [3.05, 3.63) is 35.9 Å². The zero-order valence-electron chi connectivity index (χ0n) is 12.7. The van der Waals surface area contributed by atoms with E-state index in [1.54, 1.807) is 7.11 Å². The molecule has 0 bridgehead atoms. The SMILES string of the molecule is C=C(C)COc1cc(CNC(C)(C)C)ccc1OC. The average molecular weight is 263 g/mol. The normalized spacial score (nSPS) is 11.2. The summed E-state index contributed by atoms with van der Waals surface area (Å²) in [6.45, 7) is 13.5. The molecule has 1 N–H and O–H groups in total. The molecule has 3 heteroatoms. The zero-order chi connectivity index (χ0) is 14.5. The summed E-state index contributed by atoms with van der Waals surface area (Å²) in [7, 11) is 1.65. The van der Waals surface area contributed by atoms with Gasteiger partial charge >= 0.3 is 0 Å². The molecule has 1 aromatic rings. The maximum absolute atomic E-state index is 5.71. The summed E-state index contributed by atoms with van der Waals surface area (Å²) in [5.41, 5.74) is 2.26. The van der Waals surface area contributed by atoms with E-state index >= 15 is 0 Å². The molecule has 0 aliphatic heterocycles. The van der Waals surface area contributed by atoms with Crippen molar-refractivity contribution in [1.29, 1.82) is 0 Å². The van der Waals surface area contributed by atoms with Gasteiger partial charge in [-0.15, -0.1) is 0 Å². The van der Waals surface area contributed by atoms with Gasteiger partial charge in [0.1, 0.15) is 6.61 Å². The third-order valence-corrected chi connectivity index (χ3v) is 2.52. The van der Waals surface area contributed by atoms with Gasteiger partial charge in [0, 0.05) is 12.1 Å². The zero-order valence-corrected chi connectivity index (χ0v) is 12.7.